The van der Waals surface area contributed by atoms with Gasteiger partial charge in [-0.2, -0.15) is 0 Å². The number of carbonyl (C=O) groups is 2. The van der Waals surface area contributed by atoms with Crippen molar-refractivity contribution in [2.75, 3.05) is 18.1 Å². The molecule has 0 bridgehead atoms. The van der Waals surface area contributed by atoms with E-state index in [-0.39, 0.29) is 22.7 Å². The summed E-state index contributed by atoms with van der Waals surface area (Å²) < 4.78 is 16.2. The van der Waals surface area contributed by atoms with Crippen LogP contribution < -0.4 is 20.6 Å². The van der Waals surface area contributed by atoms with Crippen molar-refractivity contribution >= 4 is 40.4 Å². The van der Waals surface area contributed by atoms with E-state index in [1.54, 1.807) is 30.0 Å². The number of nitrogen functional groups attached to an aromatic ring is 1. The molecule has 0 unspecified atom stereocenters. The Labute approximate surface area is 213 Å². The maximum atomic E-state index is 12.4. The van der Waals surface area contributed by atoms with Gasteiger partial charge in [0.2, 0.25) is 0 Å². The highest BCUT2D eigenvalue weighted by Crippen LogP contribution is 2.33. The van der Waals surface area contributed by atoms with E-state index in [1.807, 2.05) is 13.0 Å². The maximum absolute atomic E-state index is 12.4. The van der Waals surface area contributed by atoms with Crippen molar-refractivity contribution in [3.63, 3.8) is 0 Å². The quantitative estimate of drug-likeness (QED) is 0.0970. The predicted octanol–water partition coefficient (Wildman–Crippen LogP) is 6.10. The number of thioether (sulfide) groups is 1. The van der Waals surface area contributed by atoms with E-state index in [9.17, 15) is 14.4 Å². The molecule has 1 aromatic heterocycles. The van der Waals surface area contributed by atoms with Crippen molar-refractivity contribution in [1.29, 1.82) is 0 Å². The van der Waals surface area contributed by atoms with Crippen molar-refractivity contribution in [2.24, 2.45) is 0 Å². The lowest BCUT2D eigenvalue weighted by molar-refractivity contribution is 0.101. The molecule has 0 aliphatic heterocycles. The van der Waals surface area contributed by atoms with Crippen molar-refractivity contribution < 1.29 is 28.6 Å². The largest absolute Gasteiger partial charge is 0.513 e. The molecule has 192 valence electrons. The zero-order valence-corrected chi connectivity index (χ0v) is 21.5. The summed E-state index contributed by atoms with van der Waals surface area (Å²) in [4.78, 5) is 36.2. The van der Waals surface area contributed by atoms with Gasteiger partial charge in [-0.05, 0) is 56.0 Å². The van der Waals surface area contributed by atoms with E-state index in [0.717, 1.165) is 48.0 Å². The van der Waals surface area contributed by atoms with Crippen molar-refractivity contribution in [2.45, 2.75) is 57.8 Å². The molecule has 0 amide bonds. The molecule has 0 saturated heterocycles. The Balaban J connectivity index is 1.72. The Bertz CT molecular complexity index is 1320. The second-order valence-electron chi connectivity index (χ2n) is 8.33. The molecular weight excluding hydrogens is 482 g/mol. The zero-order chi connectivity index (χ0) is 26.2. The lowest BCUT2D eigenvalue weighted by Crippen LogP contribution is -2.09. The normalized spacial score (nSPS) is 11.0. The van der Waals surface area contributed by atoms with Crippen LogP contribution in [0.25, 0.3) is 11.0 Å². The number of hydrogen-bond acceptors (Lipinski definition) is 8. The van der Waals surface area contributed by atoms with Crippen LogP contribution in [0.15, 0.2) is 44.4 Å². The third-order valence-corrected chi connectivity index (χ3v) is 6.81. The van der Waals surface area contributed by atoms with Crippen LogP contribution >= 0.6 is 11.8 Å². The monoisotopic (exact) mass is 513 g/mol. The molecule has 0 fully saturated rings. The summed E-state index contributed by atoms with van der Waals surface area (Å²) in [5.74, 6) is 0.971. The molecule has 36 heavy (non-hydrogen) atoms. The molecule has 0 aliphatic carbocycles. The number of anilines is 1. The van der Waals surface area contributed by atoms with E-state index in [1.165, 1.54) is 6.92 Å². The van der Waals surface area contributed by atoms with Gasteiger partial charge in [0.25, 0.3) is 5.95 Å². The SMILES string of the molecule is CCCc1c(SCCCOc2ccc3c(=O)cc(OC(=O)O)oc3c2CCC)ccc(C(C)=O)c1N. The first-order chi connectivity index (χ1) is 17.3. The minimum Gasteiger partial charge on any atom is -0.493 e. The number of carboxylic acid groups (broad SMARTS) is 1. The van der Waals surface area contributed by atoms with Crippen LogP contribution in [0, 0.1) is 0 Å². The zero-order valence-electron chi connectivity index (χ0n) is 20.7. The standard InChI is InChI=1S/C27H31NO7S/c1-4-7-19-22(11-9-18-21(30)15-24(34-26(18)19)35-27(31)32)33-13-6-14-36-23-12-10-17(16(3)29)25(28)20(23)8-5-2/h9-12,15H,4-8,13-14,28H2,1-3H3,(H,31,32). The number of carbonyl (C=O) groups excluding carboxylic acids is 1. The molecule has 3 N–H and O–H groups in total. The van der Waals surface area contributed by atoms with E-state index < -0.39 is 6.16 Å². The number of ketones is 1. The number of benzene rings is 2. The van der Waals surface area contributed by atoms with Gasteiger partial charge in [0.05, 0.1) is 18.1 Å². The number of nitrogens with two attached hydrogens (primary N) is 1. The molecular formula is C27H31NO7S. The van der Waals surface area contributed by atoms with E-state index in [4.69, 9.17) is 20.0 Å². The van der Waals surface area contributed by atoms with Crippen LogP contribution in [0.4, 0.5) is 10.5 Å². The number of Topliss-reactive ketones (excluding diaryl/α,β-unsaturated/α-hetero) is 1. The summed E-state index contributed by atoms with van der Waals surface area (Å²) in [6, 6.07) is 8.14. The highest BCUT2D eigenvalue weighted by atomic mass is 32.2. The first-order valence-corrected chi connectivity index (χ1v) is 12.9. The van der Waals surface area contributed by atoms with Gasteiger partial charge in [0, 0.05) is 27.5 Å². The van der Waals surface area contributed by atoms with Gasteiger partial charge in [0.1, 0.15) is 11.3 Å². The Kier molecular flexibility index (Phi) is 9.41. The number of hydrogen-bond donors (Lipinski definition) is 2. The number of aryl methyl sites for hydroxylation is 1. The van der Waals surface area contributed by atoms with Crippen molar-refractivity contribution in [3.05, 3.63) is 57.2 Å². The topological polar surface area (TPSA) is 129 Å². The van der Waals surface area contributed by atoms with Crippen LogP contribution in [-0.2, 0) is 12.8 Å². The molecule has 0 atom stereocenters. The first kappa shape index (κ1) is 27.1. The molecule has 0 radical (unpaired) electrons. The highest BCUT2D eigenvalue weighted by molar-refractivity contribution is 7.99. The van der Waals surface area contributed by atoms with Crippen molar-refractivity contribution in [3.8, 4) is 11.7 Å². The molecule has 3 rings (SSSR count). The van der Waals surface area contributed by atoms with Gasteiger partial charge >= 0.3 is 6.16 Å². The first-order valence-electron chi connectivity index (χ1n) is 11.9. The maximum Gasteiger partial charge on any atom is 0.513 e. The third kappa shape index (κ3) is 6.40. The number of fused-ring (bicyclic) bond motifs is 1. The van der Waals surface area contributed by atoms with E-state index in [2.05, 4.69) is 11.7 Å². The lowest BCUT2D eigenvalue weighted by Gasteiger charge is -2.15. The Morgan fingerprint density at radius 3 is 2.47 bits per heavy atom. The van der Waals surface area contributed by atoms with Crippen LogP contribution in [0.3, 0.4) is 0 Å². The van der Waals surface area contributed by atoms with Gasteiger partial charge < -0.3 is 24.7 Å². The Hall–Kier alpha value is -3.46. The average molecular weight is 514 g/mol. The molecule has 9 heteroatoms. The molecule has 1 heterocycles. The molecule has 3 aromatic rings. The van der Waals surface area contributed by atoms with Crippen LogP contribution in [0.2, 0.25) is 0 Å². The average Bonchev–Trinajstić information content (AvgIpc) is 2.81. The lowest BCUT2D eigenvalue weighted by atomic mass is 10.0. The fourth-order valence-electron chi connectivity index (χ4n) is 4.01. The van der Waals surface area contributed by atoms with Gasteiger partial charge in [0.15, 0.2) is 11.2 Å². The predicted molar refractivity (Wildman–Crippen MR) is 141 cm³/mol. The fourth-order valence-corrected chi connectivity index (χ4v) is 5.04. The summed E-state index contributed by atoms with van der Waals surface area (Å²) in [7, 11) is 0. The molecule has 0 aliphatic rings. The number of ether oxygens (including phenoxy) is 2. The van der Waals surface area contributed by atoms with Crippen LogP contribution in [0.5, 0.6) is 11.7 Å². The molecule has 8 nitrogen and oxygen atoms in total. The van der Waals surface area contributed by atoms with E-state index in [0.29, 0.717) is 41.0 Å². The second-order valence-corrected chi connectivity index (χ2v) is 9.46. The summed E-state index contributed by atoms with van der Waals surface area (Å²) in [6.45, 7) is 6.04. The highest BCUT2D eigenvalue weighted by Gasteiger charge is 2.17. The minimum atomic E-state index is -1.56. The van der Waals surface area contributed by atoms with Gasteiger partial charge in [-0.3, -0.25) is 9.59 Å². The number of rotatable bonds is 12. The van der Waals surface area contributed by atoms with Crippen LogP contribution in [-0.4, -0.2) is 29.4 Å². The van der Waals surface area contributed by atoms with Crippen molar-refractivity contribution in [1.82, 2.24) is 0 Å². The molecule has 2 aromatic carbocycles. The third-order valence-electron chi connectivity index (χ3n) is 5.62. The molecule has 0 spiro atoms. The smallest absolute Gasteiger partial charge is 0.493 e. The summed E-state index contributed by atoms with van der Waals surface area (Å²) in [5, 5.41) is 9.22. The van der Waals surface area contributed by atoms with Gasteiger partial charge in [-0.1, -0.05) is 26.7 Å². The summed E-state index contributed by atoms with van der Waals surface area (Å²) in [6.07, 6.45) is 2.29. The fraction of sp³-hybridized carbons (Fsp3) is 0.370. The Morgan fingerprint density at radius 1 is 1.08 bits per heavy atom. The van der Waals surface area contributed by atoms with E-state index >= 15 is 0 Å². The molecule has 0 saturated carbocycles. The van der Waals surface area contributed by atoms with Gasteiger partial charge in [-0.25, -0.2) is 4.79 Å². The minimum absolute atomic E-state index is 0.0365. The summed E-state index contributed by atoms with van der Waals surface area (Å²) >= 11 is 1.68. The van der Waals surface area contributed by atoms with Crippen LogP contribution in [0.1, 0.15) is 61.5 Å². The Morgan fingerprint density at radius 2 is 1.81 bits per heavy atom. The van der Waals surface area contributed by atoms with Gasteiger partial charge in [-0.15, -0.1) is 11.8 Å². The second kappa shape index (κ2) is 12.5. The summed E-state index contributed by atoms with van der Waals surface area (Å²) in [5.41, 5.74) is 9.03.